The fraction of sp³-hybridized carbons (Fsp3) is 0.263. The van der Waals surface area contributed by atoms with Crippen molar-refractivity contribution in [1.29, 1.82) is 0 Å². The molecule has 0 aliphatic carbocycles. The molecule has 2 aromatic carbocycles. The highest BCUT2D eigenvalue weighted by atomic mass is 32.2. The number of rotatable bonds is 7. The van der Waals surface area contributed by atoms with Crippen LogP contribution in [-0.2, 0) is 22.0 Å². The van der Waals surface area contributed by atoms with Crippen molar-refractivity contribution in [2.24, 2.45) is 0 Å². The van der Waals surface area contributed by atoms with Gasteiger partial charge >= 0.3 is 0 Å². The van der Waals surface area contributed by atoms with Crippen LogP contribution in [0.5, 0.6) is 0 Å². The van der Waals surface area contributed by atoms with Crippen molar-refractivity contribution in [2.45, 2.75) is 30.0 Å². The van der Waals surface area contributed by atoms with Gasteiger partial charge in [0.2, 0.25) is 0 Å². The van der Waals surface area contributed by atoms with Crippen molar-refractivity contribution < 1.29 is 12.9 Å². The van der Waals surface area contributed by atoms with Crippen LogP contribution in [0.1, 0.15) is 18.3 Å². The third-order valence-electron chi connectivity index (χ3n) is 4.11. The zero-order valence-corrected chi connectivity index (χ0v) is 15.5. The molecule has 1 N–H and O–H groups in total. The third kappa shape index (κ3) is 4.36. The van der Waals surface area contributed by atoms with Gasteiger partial charge in [0.05, 0.1) is 10.6 Å². The Morgan fingerprint density at radius 1 is 1.08 bits per heavy atom. The second kappa shape index (κ2) is 7.80. The van der Waals surface area contributed by atoms with E-state index in [-0.39, 0.29) is 16.7 Å². The van der Waals surface area contributed by atoms with E-state index in [0.717, 1.165) is 5.56 Å². The zero-order chi connectivity index (χ0) is 18.6. The molecule has 1 atom stereocenters. The van der Waals surface area contributed by atoms with Crippen LogP contribution >= 0.6 is 0 Å². The third-order valence-corrected chi connectivity index (χ3v) is 5.81. The molecule has 0 saturated heterocycles. The van der Waals surface area contributed by atoms with Gasteiger partial charge in [-0.3, -0.25) is 0 Å². The highest BCUT2D eigenvalue weighted by Crippen LogP contribution is 2.22. The smallest absolute Gasteiger partial charge is 0.257 e. The molecular weight excluding hydrogens is 350 g/mol. The number of aromatic nitrogens is 2. The van der Waals surface area contributed by atoms with Gasteiger partial charge in [-0.05, 0) is 43.8 Å². The average Bonchev–Trinajstić information content (AvgIpc) is 3.10. The van der Waals surface area contributed by atoms with E-state index in [4.69, 9.17) is 4.52 Å². The molecule has 0 spiro atoms. The van der Waals surface area contributed by atoms with E-state index in [1.165, 1.54) is 0 Å². The van der Waals surface area contributed by atoms with Crippen LogP contribution in [0.25, 0.3) is 11.5 Å². The average molecular weight is 371 g/mol. The summed E-state index contributed by atoms with van der Waals surface area (Å²) in [5.41, 5.74) is 1.45. The summed E-state index contributed by atoms with van der Waals surface area (Å²) in [6.07, 6.45) is 0.656. The number of nitrogens with zero attached hydrogens (tertiary/aromatic N) is 2. The lowest BCUT2D eigenvalue weighted by molar-refractivity contribution is 0.418. The summed E-state index contributed by atoms with van der Waals surface area (Å²) in [6.45, 7) is 2.03. The maximum atomic E-state index is 12.5. The minimum atomic E-state index is -3.40. The molecule has 1 aromatic heterocycles. The Balaban J connectivity index is 1.76. The fourth-order valence-electron chi connectivity index (χ4n) is 2.51. The van der Waals surface area contributed by atoms with Gasteiger partial charge in [-0.1, -0.05) is 35.5 Å². The van der Waals surface area contributed by atoms with Crippen LogP contribution in [0.4, 0.5) is 0 Å². The maximum Gasteiger partial charge on any atom is 0.257 e. The van der Waals surface area contributed by atoms with E-state index in [1.807, 2.05) is 32.2 Å². The Labute approximate surface area is 153 Å². The van der Waals surface area contributed by atoms with E-state index in [0.29, 0.717) is 23.7 Å². The Kier molecular flexibility index (Phi) is 5.49. The molecule has 0 aliphatic rings. The molecule has 3 rings (SSSR count). The monoisotopic (exact) mass is 371 g/mol. The summed E-state index contributed by atoms with van der Waals surface area (Å²) < 4.78 is 30.4. The Morgan fingerprint density at radius 3 is 2.42 bits per heavy atom. The standard InChI is InChI=1S/C19H21N3O3S/c1-14(20-2)12-18-21-19(25-22-18)16-8-10-17(11-9-16)26(23,24)13-15-6-4-3-5-7-15/h3-11,14,20H,12-13H2,1-2H3. The van der Waals surface area contributed by atoms with Crippen molar-refractivity contribution in [1.82, 2.24) is 15.5 Å². The first-order valence-corrected chi connectivity index (χ1v) is 10.00. The van der Waals surface area contributed by atoms with E-state index in [1.54, 1.807) is 36.4 Å². The van der Waals surface area contributed by atoms with Crippen molar-refractivity contribution >= 4 is 9.84 Å². The van der Waals surface area contributed by atoms with Gasteiger partial charge in [-0.25, -0.2) is 8.42 Å². The van der Waals surface area contributed by atoms with E-state index in [2.05, 4.69) is 15.5 Å². The summed E-state index contributed by atoms with van der Waals surface area (Å²) >= 11 is 0. The van der Waals surface area contributed by atoms with E-state index < -0.39 is 9.84 Å². The number of nitrogens with one attached hydrogen (secondary N) is 1. The van der Waals surface area contributed by atoms with Crippen LogP contribution in [0.3, 0.4) is 0 Å². The second-order valence-corrected chi connectivity index (χ2v) is 8.17. The number of benzene rings is 2. The lowest BCUT2D eigenvalue weighted by atomic mass is 10.2. The molecule has 6 nitrogen and oxygen atoms in total. The molecule has 1 heterocycles. The molecule has 26 heavy (non-hydrogen) atoms. The Hall–Kier alpha value is -2.51. The van der Waals surface area contributed by atoms with Crippen molar-refractivity contribution in [2.75, 3.05) is 7.05 Å². The number of sulfone groups is 1. The molecule has 3 aromatic rings. The van der Waals surface area contributed by atoms with Gasteiger partial charge in [0.15, 0.2) is 15.7 Å². The van der Waals surface area contributed by atoms with Gasteiger partial charge < -0.3 is 9.84 Å². The normalized spacial score (nSPS) is 12.8. The second-order valence-electron chi connectivity index (χ2n) is 6.18. The molecule has 7 heteroatoms. The number of likely N-dealkylation sites (N-methyl/N-ethyl adjacent to an activating group) is 1. The molecule has 0 saturated carbocycles. The predicted molar refractivity (Wildman–Crippen MR) is 99.3 cm³/mol. The van der Waals surface area contributed by atoms with Gasteiger partial charge in [-0.15, -0.1) is 0 Å². The van der Waals surface area contributed by atoms with Gasteiger partial charge in [-0.2, -0.15) is 4.98 Å². The molecular formula is C19H21N3O3S. The van der Waals surface area contributed by atoms with Gasteiger partial charge in [0, 0.05) is 18.0 Å². The van der Waals surface area contributed by atoms with Crippen molar-refractivity contribution in [3.05, 3.63) is 66.0 Å². The Morgan fingerprint density at radius 2 is 1.77 bits per heavy atom. The predicted octanol–water partition coefficient (Wildman–Crippen LogP) is 2.86. The SMILES string of the molecule is CNC(C)Cc1noc(-c2ccc(S(=O)(=O)Cc3ccccc3)cc2)n1. The number of hydrogen-bond acceptors (Lipinski definition) is 6. The molecule has 0 amide bonds. The lowest BCUT2D eigenvalue weighted by Crippen LogP contribution is -2.24. The lowest BCUT2D eigenvalue weighted by Gasteiger charge is -2.05. The zero-order valence-electron chi connectivity index (χ0n) is 14.7. The molecule has 1 unspecified atom stereocenters. The van der Waals surface area contributed by atoms with Crippen LogP contribution in [0.2, 0.25) is 0 Å². The van der Waals surface area contributed by atoms with Crippen molar-refractivity contribution in [3.63, 3.8) is 0 Å². The Bertz CT molecular complexity index is 951. The summed E-state index contributed by atoms with van der Waals surface area (Å²) in [4.78, 5) is 4.63. The topological polar surface area (TPSA) is 85.1 Å². The summed E-state index contributed by atoms with van der Waals surface area (Å²) in [5.74, 6) is 0.970. The first kappa shape index (κ1) is 18.3. The summed E-state index contributed by atoms with van der Waals surface area (Å²) in [5, 5.41) is 7.08. The van der Waals surface area contributed by atoms with Crippen LogP contribution in [0.15, 0.2) is 64.0 Å². The number of hydrogen-bond donors (Lipinski definition) is 1. The van der Waals surface area contributed by atoms with Crippen molar-refractivity contribution in [3.8, 4) is 11.5 Å². The van der Waals surface area contributed by atoms with Crippen LogP contribution < -0.4 is 5.32 Å². The molecule has 0 aliphatic heterocycles. The summed E-state index contributed by atoms with van der Waals surface area (Å²) in [7, 11) is -1.53. The van der Waals surface area contributed by atoms with Crippen LogP contribution in [0, 0.1) is 0 Å². The first-order chi connectivity index (χ1) is 12.5. The fourth-order valence-corrected chi connectivity index (χ4v) is 3.86. The molecule has 0 radical (unpaired) electrons. The first-order valence-electron chi connectivity index (χ1n) is 8.35. The summed E-state index contributed by atoms with van der Waals surface area (Å²) in [6, 6.07) is 15.9. The molecule has 136 valence electrons. The molecule has 0 bridgehead atoms. The minimum absolute atomic E-state index is 0.0280. The maximum absolute atomic E-state index is 12.5. The minimum Gasteiger partial charge on any atom is -0.334 e. The van der Waals surface area contributed by atoms with E-state index in [9.17, 15) is 8.42 Å². The van der Waals surface area contributed by atoms with E-state index >= 15 is 0 Å². The largest absolute Gasteiger partial charge is 0.334 e. The molecule has 0 fully saturated rings. The highest BCUT2D eigenvalue weighted by Gasteiger charge is 2.17. The van der Waals surface area contributed by atoms with Crippen LogP contribution in [-0.4, -0.2) is 31.6 Å². The van der Waals surface area contributed by atoms with Gasteiger partial charge in [0.25, 0.3) is 5.89 Å². The highest BCUT2D eigenvalue weighted by molar-refractivity contribution is 7.90. The quantitative estimate of drug-likeness (QED) is 0.687. The van der Waals surface area contributed by atoms with Gasteiger partial charge in [0.1, 0.15) is 0 Å².